The second-order valence-electron chi connectivity index (χ2n) is 6.74. The minimum absolute atomic E-state index is 0.196. The van der Waals surface area contributed by atoms with Crippen LogP contribution in [0, 0.1) is 12.8 Å². The van der Waals surface area contributed by atoms with Crippen LogP contribution in [-0.2, 0) is 4.74 Å². The lowest BCUT2D eigenvalue weighted by Gasteiger charge is -2.36. The number of nitrogens with zero attached hydrogens (tertiary/aromatic N) is 3. The largest absolute Gasteiger partial charge is 0.449 e. The predicted molar refractivity (Wildman–Crippen MR) is 96.5 cm³/mol. The maximum Gasteiger partial charge on any atom is 0.409 e. The molecule has 1 fully saturated rings. The molecule has 5 heteroatoms. The number of piperazine rings is 1. The number of pyridine rings is 1. The lowest BCUT2D eigenvalue weighted by atomic mass is 10.1. The van der Waals surface area contributed by atoms with E-state index in [1.54, 1.807) is 4.90 Å². The summed E-state index contributed by atoms with van der Waals surface area (Å²) >= 11 is 0. The number of aromatic nitrogens is 1. The summed E-state index contributed by atoms with van der Waals surface area (Å²) in [6, 6.07) is 10.4. The zero-order chi connectivity index (χ0) is 17.1. The second kappa shape index (κ2) is 7.07. The van der Waals surface area contributed by atoms with Gasteiger partial charge < -0.3 is 14.5 Å². The van der Waals surface area contributed by atoms with Crippen LogP contribution in [0.2, 0.25) is 0 Å². The van der Waals surface area contributed by atoms with Gasteiger partial charge in [0.1, 0.15) is 0 Å². The first-order valence-electron chi connectivity index (χ1n) is 8.57. The smallest absolute Gasteiger partial charge is 0.409 e. The summed E-state index contributed by atoms with van der Waals surface area (Å²) in [5.74, 6) is 0.363. The molecule has 2 aromatic rings. The van der Waals surface area contributed by atoms with Crippen LogP contribution in [0.5, 0.6) is 0 Å². The van der Waals surface area contributed by atoms with Crippen LogP contribution in [0.4, 0.5) is 10.5 Å². The highest BCUT2D eigenvalue weighted by molar-refractivity contribution is 5.92. The monoisotopic (exact) mass is 327 g/mol. The van der Waals surface area contributed by atoms with Gasteiger partial charge in [-0.05, 0) is 37.1 Å². The average Bonchev–Trinajstić information content (AvgIpc) is 2.59. The second-order valence-corrected chi connectivity index (χ2v) is 6.74. The normalized spacial score (nSPS) is 15.2. The van der Waals surface area contributed by atoms with E-state index in [-0.39, 0.29) is 6.09 Å². The van der Waals surface area contributed by atoms with Gasteiger partial charge in [0.05, 0.1) is 12.1 Å². The number of carbonyl (C=O) groups is 1. The minimum atomic E-state index is -0.196. The maximum atomic E-state index is 12.1. The molecule has 0 spiro atoms. The van der Waals surface area contributed by atoms with E-state index >= 15 is 0 Å². The molecular formula is C19H25N3O2. The maximum absolute atomic E-state index is 12.1. The number of carbonyl (C=O) groups excluding carboxylic acids is 1. The number of anilines is 1. The molecule has 1 saturated heterocycles. The Morgan fingerprint density at radius 1 is 1.17 bits per heavy atom. The summed E-state index contributed by atoms with van der Waals surface area (Å²) in [7, 11) is 0. The Morgan fingerprint density at radius 3 is 2.62 bits per heavy atom. The number of benzene rings is 1. The van der Waals surface area contributed by atoms with Crippen molar-refractivity contribution >= 4 is 22.7 Å². The van der Waals surface area contributed by atoms with Crippen LogP contribution in [0.1, 0.15) is 19.5 Å². The summed E-state index contributed by atoms with van der Waals surface area (Å²) in [6.07, 6.45) is -0.196. The van der Waals surface area contributed by atoms with E-state index < -0.39 is 0 Å². The number of hydrogen-bond donors (Lipinski definition) is 0. The number of fused-ring (bicyclic) bond motifs is 1. The number of amides is 1. The molecule has 0 aliphatic carbocycles. The summed E-state index contributed by atoms with van der Waals surface area (Å²) in [5, 5.41) is 1.17. The summed E-state index contributed by atoms with van der Waals surface area (Å²) in [5.41, 5.74) is 3.24. The molecule has 0 N–H and O–H groups in total. The van der Waals surface area contributed by atoms with Gasteiger partial charge in [0.2, 0.25) is 0 Å². The molecule has 1 aromatic heterocycles. The Labute approximate surface area is 143 Å². The molecule has 24 heavy (non-hydrogen) atoms. The molecule has 2 heterocycles. The molecule has 0 unspecified atom stereocenters. The van der Waals surface area contributed by atoms with Gasteiger partial charge >= 0.3 is 6.09 Å². The van der Waals surface area contributed by atoms with Gasteiger partial charge in [-0.1, -0.05) is 19.9 Å². The van der Waals surface area contributed by atoms with Crippen molar-refractivity contribution in [3.63, 3.8) is 0 Å². The van der Waals surface area contributed by atoms with Crippen molar-refractivity contribution < 1.29 is 9.53 Å². The quantitative estimate of drug-likeness (QED) is 0.866. The average molecular weight is 327 g/mol. The summed E-state index contributed by atoms with van der Waals surface area (Å²) < 4.78 is 5.33. The van der Waals surface area contributed by atoms with Crippen molar-refractivity contribution in [2.45, 2.75) is 20.8 Å². The lowest BCUT2D eigenvalue weighted by Crippen LogP contribution is -2.49. The van der Waals surface area contributed by atoms with Crippen molar-refractivity contribution in [3.05, 3.63) is 36.0 Å². The number of ether oxygens (including phenoxy) is 1. The first kappa shape index (κ1) is 16.6. The fraction of sp³-hybridized carbons (Fsp3) is 0.474. The minimum Gasteiger partial charge on any atom is -0.449 e. The zero-order valence-electron chi connectivity index (χ0n) is 14.7. The molecular weight excluding hydrogens is 302 g/mol. The van der Waals surface area contributed by atoms with Crippen molar-refractivity contribution in [1.82, 2.24) is 9.88 Å². The molecule has 0 radical (unpaired) electrons. The molecule has 1 aromatic carbocycles. The third-order valence-electron chi connectivity index (χ3n) is 4.27. The Bertz CT molecular complexity index is 722. The fourth-order valence-electron chi connectivity index (χ4n) is 2.98. The molecule has 3 rings (SSSR count). The van der Waals surface area contributed by atoms with Gasteiger partial charge in [-0.3, -0.25) is 4.98 Å². The van der Waals surface area contributed by atoms with Crippen molar-refractivity contribution in [1.29, 1.82) is 0 Å². The van der Waals surface area contributed by atoms with Crippen molar-refractivity contribution in [3.8, 4) is 0 Å². The number of aryl methyl sites for hydroxylation is 1. The van der Waals surface area contributed by atoms with E-state index in [4.69, 9.17) is 4.74 Å². The van der Waals surface area contributed by atoms with Crippen LogP contribution >= 0.6 is 0 Å². The molecule has 1 aliphatic heterocycles. The lowest BCUT2D eigenvalue weighted by molar-refractivity contribution is 0.0902. The first-order chi connectivity index (χ1) is 11.5. The van der Waals surface area contributed by atoms with Gasteiger partial charge in [-0.2, -0.15) is 0 Å². The van der Waals surface area contributed by atoms with E-state index in [0.29, 0.717) is 25.6 Å². The summed E-state index contributed by atoms with van der Waals surface area (Å²) in [6.45, 7) is 9.57. The van der Waals surface area contributed by atoms with Crippen LogP contribution in [0.25, 0.3) is 10.9 Å². The molecule has 0 saturated carbocycles. The Morgan fingerprint density at radius 2 is 1.92 bits per heavy atom. The highest BCUT2D eigenvalue weighted by Gasteiger charge is 2.23. The molecule has 0 bridgehead atoms. The van der Waals surface area contributed by atoms with Gasteiger partial charge in [-0.25, -0.2) is 4.79 Å². The Kier molecular flexibility index (Phi) is 4.88. The SMILES string of the molecule is Cc1ccc2c(N3CCN(C(=O)OCC(C)C)CC3)cccc2n1. The van der Waals surface area contributed by atoms with E-state index in [2.05, 4.69) is 22.0 Å². The molecule has 128 valence electrons. The molecule has 0 atom stereocenters. The predicted octanol–water partition coefficient (Wildman–Crippen LogP) is 3.46. The van der Waals surface area contributed by atoms with Gasteiger partial charge in [0.15, 0.2) is 0 Å². The third kappa shape index (κ3) is 3.61. The fourth-order valence-corrected chi connectivity index (χ4v) is 2.98. The van der Waals surface area contributed by atoms with Crippen molar-refractivity contribution in [2.75, 3.05) is 37.7 Å². The van der Waals surface area contributed by atoms with E-state index in [0.717, 1.165) is 24.3 Å². The molecule has 1 amide bonds. The standard InChI is InChI=1S/C19H25N3O2/c1-14(2)13-24-19(23)22-11-9-21(10-12-22)18-6-4-5-17-16(18)8-7-15(3)20-17/h4-8,14H,9-13H2,1-3H3. The highest BCUT2D eigenvalue weighted by Crippen LogP contribution is 2.27. The van der Waals surface area contributed by atoms with Crippen LogP contribution in [0.15, 0.2) is 30.3 Å². The molecule has 1 aliphatic rings. The first-order valence-corrected chi connectivity index (χ1v) is 8.57. The zero-order valence-corrected chi connectivity index (χ0v) is 14.7. The summed E-state index contributed by atoms with van der Waals surface area (Å²) in [4.78, 5) is 20.8. The van der Waals surface area contributed by atoms with Crippen LogP contribution in [0.3, 0.4) is 0 Å². The highest BCUT2D eigenvalue weighted by atomic mass is 16.6. The van der Waals surface area contributed by atoms with E-state index in [1.807, 2.05) is 39.0 Å². The van der Waals surface area contributed by atoms with Crippen molar-refractivity contribution in [2.24, 2.45) is 5.92 Å². The van der Waals surface area contributed by atoms with E-state index in [1.165, 1.54) is 11.1 Å². The molecule has 5 nitrogen and oxygen atoms in total. The van der Waals surface area contributed by atoms with E-state index in [9.17, 15) is 4.79 Å². The van der Waals surface area contributed by atoms with Gasteiger partial charge in [-0.15, -0.1) is 0 Å². The van der Waals surface area contributed by atoms with Crippen LogP contribution < -0.4 is 4.90 Å². The number of rotatable bonds is 3. The van der Waals surface area contributed by atoms with Gasteiger partial charge in [0, 0.05) is 42.9 Å². The van der Waals surface area contributed by atoms with Gasteiger partial charge in [0.25, 0.3) is 0 Å². The topological polar surface area (TPSA) is 45.7 Å². The Hall–Kier alpha value is -2.30. The Balaban J connectivity index is 1.68. The third-order valence-corrected chi connectivity index (χ3v) is 4.27. The number of hydrogen-bond acceptors (Lipinski definition) is 4. The van der Waals surface area contributed by atoms with Crippen LogP contribution in [-0.4, -0.2) is 48.8 Å².